The van der Waals surface area contributed by atoms with Crippen molar-refractivity contribution < 1.29 is 37.4 Å². The number of aromatic nitrogens is 5. The number of nitrogens with zero attached hydrogens (tertiary/aromatic N) is 7. The molecule has 8 rings (SSSR count). The number of halogens is 4. The van der Waals surface area contributed by atoms with Crippen LogP contribution in [0, 0.1) is 5.41 Å². The van der Waals surface area contributed by atoms with Crippen molar-refractivity contribution in [2.45, 2.75) is 63.6 Å². The number of hydrogen-bond acceptors (Lipinski definition) is 9. The van der Waals surface area contributed by atoms with Crippen LogP contribution in [0.25, 0.3) is 11.4 Å². The number of piperidine rings is 1. The Bertz CT molecular complexity index is 2380. The zero-order valence-corrected chi connectivity index (χ0v) is 31.3. The van der Waals surface area contributed by atoms with Gasteiger partial charge in [0.15, 0.2) is 11.5 Å². The number of anilines is 1. The largest absolute Gasteiger partial charge is 0.505 e. The summed E-state index contributed by atoms with van der Waals surface area (Å²) in [6.45, 7) is 5.48. The van der Waals surface area contributed by atoms with Crippen molar-refractivity contribution in [2.75, 3.05) is 44.7 Å². The Kier molecular flexibility index (Phi) is 9.22. The van der Waals surface area contributed by atoms with Crippen LogP contribution < -0.4 is 10.9 Å². The van der Waals surface area contributed by atoms with Crippen LogP contribution in [-0.4, -0.2) is 96.2 Å². The van der Waals surface area contributed by atoms with E-state index in [4.69, 9.17) is 21.3 Å². The van der Waals surface area contributed by atoms with Gasteiger partial charge < -0.3 is 29.5 Å². The molecule has 4 aromatic rings. The number of nitrogens with one attached hydrogen (secondary N) is 1. The van der Waals surface area contributed by atoms with E-state index in [1.807, 2.05) is 19.9 Å². The second-order valence-electron chi connectivity index (χ2n) is 15.4. The highest BCUT2D eigenvalue weighted by molar-refractivity contribution is 6.33. The highest BCUT2D eigenvalue weighted by Gasteiger charge is 2.49. The molecule has 0 bridgehead atoms. The molecule has 1 unspecified atom stereocenters. The zero-order valence-electron chi connectivity index (χ0n) is 30.5. The van der Waals surface area contributed by atoms with E-state index in [1.54, 1.807) is 14.4 Å². The maximum absolute atomic E-state index is 14.6. The molecule has 6 heterocycles. The van der Waals surface area contributed by atoms with Crippen molar-refractivity contribution >= 4 is 46.4 Å². The van der Waals surface area contributed by atoms with Gasteiger partial charge >= 0.3 is 6.18 Å². The number of fused-ring (bicyclic) bond motifs is 3. The minimum Gasteiger partial charge on any atom is -0.505 e. The summed E-state index contributed by atoms with van der Waals surface area (Å²) in [5, 5.41) is 17.3. The summed E-state index contributed by atoms with van der Waals surface area (Å²) < 4.78 is 48.0. The first-order chi connectivity index (χ1) is 26.6. The van der Waals surface area contributed by atoms with Crippen molar-refractivity contribution in [2.24, 2.45) is 5.41 Å². The fraction of sp³-hybridized carbons (Fsp3) is 0.447. The summed E-state index contributed by atoms with van der Waals surface area (Å²) in [5.41, 5.74) is -0.895. The van der Waals surface area contributed by atoms with Crippen LogP contribution in [0.2, 0.25) is 5.02 Å². The van der Waals surface area contributed by atoms with Gasteiger partial charge in [0.2, 0.25) is 17.6 Å². The van der Waals surface area contributed by atoms with E-state index in [-0.39, 0.29) is 65.2 Å². The normalized spacial score (nSPS) is 20.1. The highest BCUT2D eigenvalue weighted by Crippen LogP contribution is 2.50. The summed E-state index contributed by atoms with van der Waals surface area (Å²) in [4.78, 5) is 67.0. The van der Waals surface area contributed by atoms with Crippen molar-refractivity contribution in [1.82, 2.24) is 33.9 Å². The van der Waals surface area contributed by atoms with E-state index in [0.717, 1.165) is 23.8 Å². The van der Waals surface area contributed by atoms with Gasteiger partial charge in [0.1, 0.15) is 12.3 Å². The van der Waals surface area contributed by atoms with Crippen LogP contribution >= 0.6 is 11.6 Å². The summed E-state index contributed by atoms with van der Waals surface area (Å²) in [5.74, 6) is -1.12. The lowest BCUT2D eigenvalue weighted by atomic mass is 9.73. The van der Waals surface area contributed by atoms with Crippen molar-refractivity contribution in [3.63, 3.8) is 0 Å². The Morgan fingerprint density at radius 1 is 1.11 bits per heavy atom. The fourth-order valence-electron chi connectivity index (χ4n) is 8.56. The van der Waals surface area contributed by atoms with E-state index >= 15 is 0 Å². The number of rotatable bonds is 6. The molecule has 3 aliphatic heterocycles. The first kappa shape index (κ1) is 37.6. The molecule has 18 heteroatoms. The van der Waals surface area contributed by atoms with Crippen molar-refractivity contribution in [3.05, 3.63) is 86.3 Å². The van der Waals surface area contributed by atoms with E-state index in [2.05, 4.69) is 15.4 Å². The maximum Gasteiger partial charge on any atom is 0.416 e. The molecule has 1 aromatic carbocycles. The van der Waals surface area contributed by atoms with Gasteiger partial charge in [-0.3, -0.25) is 19.2 Å². The molecule has 3 aromatic heterocycles. The molecule has 1 atom stereocenters. The number of ether oxygens (including phenoxy) is 1. The van der Waals surface area contributed by atoms with Gasteiger partial charge in [-0.25, -0.2) is 4.98 Å². The van der Waals surface area contributed by atoms with E-state index in [9.17, 15) is 37.5 Å². The summed E-state index contributed by atoms with van der Waals surface area (Å²) >= 11 is 6.18. The van der Waals surface area contributed by atoms with Crippen molar-refractivity contribution in [3.8, 4) is 5.75 Å². The second kappa shape index (κ2) is 13.7. The molecule has 14 nitrogen and oxygen atoms in total. The standard InChI is InChI=1S/C38H38ClF3N8O6/c1-21-17-37(9-14-47(15-10-37)33(54)29-26(51)4-3-11-43-29)28-30(21)49(18-27(52)44-25-6-5-23(16-24(25)39)38(40,41)42)35-45-31(46-50(35)32(28)53)22-7-12-48(13-8-22)34(55)36(2)19-56-20-36/h3-7,11,16,21,51H,8-10,12-15,17-20H2,1-2H3,(H,44,52). The Labute approximate surface area is 322 Å². The smallest absolute Gasteiger partial charge is 0.416 e. The predicted molar refractivity (Wildman–Crippen MR) is 196 cm³/mol. The van der Waals surface area contributed by atoms with Gasteiger partial charge in [0, 0.05) is 49.0 Å². The minimum atomic E-state index is -4.62. The van der Waals surface area contributed by atoms with Gasteiger partial charge in [0.05, 0.1) is 34.9 Å². The molecule has 56 heavy (non-hydrogen) atoms. The van der Waals surface area contributed by atoms with Crippen LogP contribution in [0.15, 0.2) is 47.4 Å². The fourth-order valence-corrected chi connectivity index (χ4v) is 8.79. The summed E-state index contributed by atoms with van der Waals surface area (Å²) in [6, 6.07) is 5.57. The average Bonchev–Trinajstić information content (AvgIpc) is 3.73. The number of benzene rings is 1. The first-order valence-corrected chi connectivity index (χ1v) is 18.7. The third-order valence-electron chi connectivity index (χ3n) is 11.5. The lowest BCUT2D eigenvalue weighted by Crippen LogP contribution is -2.54. The highest BCUT2D eigenvalue weighted by atomic mass is 35.5. The Morgan fingerprint density at radius 3 is 2.48 bits per heavy atom. The third-order valence-corrected chi connectivity index (χ3v) is 11.8. The van der Waals surface area contributed by atoms with Gasteiger partial charge in [-0.2, -0.15) is 22.7 Å². The minimum absolute atomic E-state index is 0.00106. The number of amides is 3. The number of alkyl halides is 3. The topological polar surface area (TPSA) is 164 Å². The zero-order chi connectivity index (χ0) is 39.7. The van der Waals surface area contributed by atoms with E-state index in [1.165, 1.54) is 22.8 Å². The quantitative estimate of drug-likeness (QED) is 0.283. The van der Waals surface area contributed by atoms with E-state index in [0.29, 0.717) is 63.2 Å². The number of aromatic hydroxyl groups is 1. The Morgan fingerprint density at radius 2 is 1.86 bits per heavy atom. The Balaban J connectivity index is 1.15. The molecule has 2 N–H and O–H groups in total. The van der Waals surface area contributed by atoms with Crippen LogP contribution in [0.5, 0.6) is 5.75 Å². The molecule has 1 aliphatic carbocycles. The number of likely N-dealkylation sites (tertiary alicyclic amines) is 1. The first-order valence-electron chi connectivity index (χ1n) is 18.3. The predicted octanol–water partition coefficient (Wildman–Crippen LogP) is 4.64. The number of carbonyl (C=O) groups excluding carboxylic acids is 3. The molecular formula is C38H38ClF3N8O6. The molecule has 2 saturated heterocycles. The van der Waals surface area contributed by atoms with Crippen LogP contribution in [-0.2, 0) is 32.5 Å². The molecule has 4 aliphatic rings. The molecule has 1 spiro atoms. The van der Waals surface area contributed by atoms with Gasteiger partial charge in [0.25, 0.3) is 11.5 Å². The molecular weight excluding hydrogens is 757 g/mol. The van der Waals surface area contributed by atoms with Gasteiger partial charge in [-0.05, 0) is 74.4 Å². The molecule has 2 fully saturated rings. The Hall–Kier alpha value is -5.29. The van der Waals surface area contributed by atoms with Gasteiger partial charge in [-0.1, -0.05) is 24.6 Å². The molecule has 294 valence electrons. The SMILES string of the molecule is CC1CC2(CCN(C(=O)c3ncccc3O)CC2)c2c1n(CC(=O)Nc1ccc(C(F)(F)F)cc1Cl)c1nc(C3=CCN(C(=O)C4(C)COC4)CC3)nn1c2=O. The summed E-state index contributed by atoms with van der Waals surface area (Å²) in [6.07, 6.45) is 0.462. The average molecular weight is 795 g/mol. The number of carbonyl (C=O) groups is 3. The second-order valence-corrected chi connectivity index (χ2v) is 15.8. The lowest BCUT2D eigenvalue weighted by molar-refractivity contribution is -0.168. The third kappa shape index (κ3) is 6.39. The number of hydrogen-bond donors (Lipinski definition) is 2. The molecule has 3 amide bonds. The summed E-state index contributed by atoms with van der Waals surface area (Å²) in [7, 11) is 0. The lowest BCUT2D eigenvalue weighted by Gasteiger charge is -2.41. The van der Waals surface area contributed by atoms with Crippen LogP contribution in [0.3, 0.4) is 0 Å². The van der Waals surface area contributed by atoms with Crippen LogP contribution in [0.4, 0.5) is 18.9 Å². The van der Waals surface area contributed by atoms with Crippen molar-refractivity contribution in [1.29, 1.82) is 0 Å². The molecule has 0 saturated carbocycles. The van der Waals surface area contributed by atoms with Crippen LogP contribution in [0.1, 0.15) is 78.6 Å². The monoisotopic (exact) mass is 794 g/mol. The number of pyridine rings is 1. The maximum atomic E-state index is 14.6. The van der Waals surface area contributed by atoms with E-state index < -0.39 is 39.9 Å². The molecule has 0 radical (unpaired) electrons. The van der Waals surface area contributed by atoms with Gasteiger partial charge in [-0.15, -0.1) is 5.10 Å².